The number of rotatable bonds is 4. The van der Waals surface area contributed by atoms with Crippen LogP contribution in [-0.2, 0) is 4.74 Å². The highest BCUT2D eigenvalue weighted by molar-refractivity contribution is 6.39. The lowest BCUT2D eigenvalue weighted by Gasteiger charge is -2.08. The number of amides is 2. The van der Waals surface area contributed by atoms with E-state index < -0.39 is 12.0 Å². The fourth-order valence-corrected chi connectivity index (χ4v) is 3.06. The second kappa shape index (κ2) is 8.52. The maximum Gasteiger partial charge on any atom is 0.345 e. The molecular weight excluding hydrogens is 429 g/mol. The molecule has 0 radical (unpaired) electrons. The van der Waals surface area contributed by atoms with Crippen molar-refractivity contribution in [1.29, 1.82) is 0 Å². The third-order valence-electron chi connectivity index (χ3n) is 3.61. The quantitative estimate of drug-likeness (QED) is 0.505. The van der Waals surface area contributed by atoms with Gasteiger partial charge in [-0.15, -0.1) is 0 Å². The monoisotopic (exact) mass is 439 g/mol. The van der Waals surface area contributed by atoms with Crippen molar-refractivity contribution in [3.8, 4) is 11.3 Å². The average molecular weight is 441 g/mol. The third kappa shape index (κ3) is 4.22. The van der Waals surface area contributed by atoms with Gasteiger partial charge in [-0.1, -0.05) is 46.0 Å². The Morgan fingerprint density at radius 1 is 1.00 bits per heavy atom. The molecular formula is C18H12Cl3N3O4. The number of nitrogens with zero attached hydrogens (tertiary/aromatic N) is 1. The lowest BCUT2D eigenvalue weighted by Crippen LogP contribution is -2.20. The first-order valence-corrected chi connectivity index (χ1v) is 8.90. The minimum absolute atomic E-state index is 0.0456. The Kier molecular flexibility index (Phi) is 6.08. The lowest BCUT2D eigenvalue weighted by molar-refractivity contribution is 0.0602. The first-order chi connectivity index (χ1) is 13.4. The molecule has 0 saturated heterocycles. The molecule has 0 spiro atoms. The summed E-state index contributed by atoms with van der Waals surface area (Å²) in [4.78, 5) is 24.6. The standard InChI is InChI=1S/C18H12Cl3N3O4/c1-27-17(25)14-15(13-11(20)3-2-4-12(13)21)24-28-16(14)23-18(26)22-10-7-5-9(19)6-8-10/h2-8H,1H3,(H2,22,23,26). The fourth-order valence-electron chi connectivity index (χ4n) is 2.36. The second-order valence-corrected chi connectivity index (χ2v) is 6.66. The molecule has 2 aromatic carbocycles. The van der Waals surface area contributed by atoms with Crippen molar-refractivity contribution in [3.63, 3.8) is 0 Å². The Morgan fingerprint density at radius 2 is 1.64 bits per heavy atom. The largest absolute Gasteiger partial charge is 0.465 e. The summed E-state index contributed by atoms with van der Waals surface area (Å²) in [7, 11) is 1.19. The van der Waals surface area contributed by atoms with E-state index in [1.54, 1.807) is 42.5 Å². The van der Waals surface area contributed by atoms with Crippen LogP contribution in [0, 0.1) is 0 Å². The van der Waals surface area contributed by atoms with Gasteiger partial charge in [0.25, 0.3) is 0 Å². The molecule has 144 valence electrons. The summed E-state index contributed by atoms with van der Waals surface area (Å²) in [5, 5.41) is 9.87. The molecule has 0 atom stereocenters. The van der Waals surface area contributed by atoms with Crippen LogP contribution in [0.2, 0.25) is 15.1 Å². The van der Waals surface area contributed by atoms with Crippen LogP contribution < -0.4 is 10.6 Å². The smallest absolute Gasteiger partial charge is 0.345 e. The summed E-state index contributed by atoms with van der Waals surface area (Å²) in [5.74, 6) is -1.00. The Balaban J connectivity index is 1.93. The van der Waals surface area contributed by atoms with Gasteiger partial charge in [-0.05, 0) is 36.4 Å². The number of hydrogen-bond acceptors (Lipinski definition) is 5. The third-order valence-corrected chi connectivity index (χ3v) is 4.49. The molecule has 0 aliphatic rings. The normalized spacial score (nSPS) is 10.4. The highest BCUT2D eigenvalue weighted by atomic mass is 35.5. The number of nitrogens with one attached hydrogen (secondary N) is 2. The Hall–Kier alpha value is -2.74. The van der Waals surface area contributed by atoms with Crippen LogP contribution in [0.3, 0.4) is 0 Å². The summed E-state index contributed by atoms with van der Waals surface area (Å²) in [6.45, 7) is 0. The van der Waals surface area contributed by atoms with Crippen LogP contribution in [-0.4, -0.2) is 24.3 Å². The molecule has 0 saturated carbocycles. The molecule has 0 fully saturated rings. The van der Waals surface area contributed by atoms with E-state index in [9.17, 15) is 9.59 Å². The molecule has 2 amide bonds. The Labute approximate surface area is 174 Å². The van der Waals surface area contributed by atoms with Crippen molar-refractivity contribution in [2.24, 2.45) is 0 Å². The summed E-state index contributed by atoms with van der Waals surface area (Å²) in [5.41, 5.74) is 0.685. The predicted octanol–water partition coefficient (Wildman–Crippen LogP) is 5.73. The Morgan fingerprint density at radius 3 is 2.25 bits per heavy atom. The maximum atomic E-state index is 12.3. The molecule has 0 aliphatic heterocycles. The molecule has 7 nitrogen and oxygen atoms in total. The van der Waals surface area contributed by atoms with Gasteiger partial charge in [0, 0.05) is 16.3 Å². The van der Waals surface area contributed by atoms with Gasteiger partial charge < -0.3 is 14.6 Å². The topological polar surface area (TPSA) is 93.5 Å². The van der Waals surface area contributed by atoms with Crippen molar-refractivity contribution in [2.45, 2.75) is 0 Å². The van der Waals surface area contributed by atoms with E-state index in [1.165, 1.54) is 7.11 Å². The van der Waals surface area contributed by atoms with Gasteiger partial charge in [0.05, 0.1) is 17.2 Å². The van der Waals surface area contributed by atoms with Crippen LogP contribution in [0.1, 0.15) is 10.4 Å². The number of esters is 1. The van der Waals surface area contributed by atoms with Crippen molar-refractivity contribution < 1.29 is 18.8 Å². The van der Waals surface area contributed by atoms with Gasteiger partial charge in [-0.25, -0.2) is 9.59 Å². The molecule has 10 heteroatoms. The zero-order chi connectivity index (χ0) is 20.3. The van der Waals surface area contributed by atoms with E-state index in [-0.39, 0.29) is 32.8 Å². The Bertz CT molecular complexity index is 1010. The highest BCUT2D eigenvalue weighted by Crippen LogP contribution is 2.38. The number of benzene rings is 2. The highest BCUT2D eigenvalue weighted by Gasteiger charge is 2.28. The van der Waals surface area contributed by atoms with Crippen LogP contribution in [0.4, 0.5) is 16.4 Å². The minimum Gasteiger partial charge on any atom is -0.465 e. The number of hydrogen-bond donors (Lipinski definition) is 2. The van der Waals surface area contributed by atoms with E-state index in [2.05, 4.69) is 15.8 Å². The van der Waals surface area contributed by atoms with Gasteiger partial charge in [0.1, 0.15) is 5.69 Å². The number of methoxy groups -OCH3 is 1. The van der Waals surface area contributed by atoms with E-state index >= 15 is 0 Å². The maximum absolute atomic E-state index is 12.3. The van der Waals surface area contributed by atoms with Crippen molar-refractivity contribution in [3.05, 3.63) is 63.1 Å². The number of carbonyl (C=O) groups is 2. The molecule has 0 bridgehead atoms. The molecule has 2 N–H and O–H groups in total. The number of carbonyl (C=O) groups excluding carboxylic acids is 2. The van der Waals surface area contributed by atoms with Crippen molar-refractivity contribution in [1.82, 2.24) is 5.16 Å². The summed E-state index contributed by atoms with van der Waals surface area (Å²) in [6.07, 6.45) is 0. The number of anilines is 2. The molecule has 1 aromatic heterocycles. The predicted molar refractivity (Wildman–Crippen MR) is 107 cm³/mol. The van der Waals surface area contributed by atoms with Crippen LogP contribution in [0.15, 0.2) is 47.0 Å². The molecule has 28 heavy (non-hydrogen) atoms. The second-order valence-electron chi connectivity index (χ2n) is 5.41. The summed E-state index contributed by atoms with van der Waals surface area (Å²) in [6, 6.07) is 10.6. The molecule has 0 unspecified atom stereocenters. The number of halogens is 3. The lowest BCUT2D eigenvalue weighted by atomic mass is 10.1. The number of urea groups is 1. The van der Waals surface area contributed by atoms with Gasteiger partial charge in [-0.3, -0.25) is 5.32 Å². The number of aromatic nitrogens is 1. The molecule has 0 aliphatic carbocycles. The molecule has 1 heterocycles. The molecule has 3 rings (SSSR count). The number of ether oxygens (including phenoxy) is 1. The minimum atomic E-state index is -0.783. The van der Waals surface area contributed by atoms with E-state index in [1.807, 2.05) is 0 Å². The summed E-state index contributed by atoms with van der Waals surface area (Å²) < 4.78 is 9.93. The van der Waals surface area contributed by atoms with Crippen LogP contribution >= 0.6 is 34.8 Å². The first kappa shape index (κ1) is 20.0. The SMILES string of the molecule is COC(=O)c1c(-c2c(Cl)cccc2Cl)noc1NC(=O)Nc1ccc(Cl)cc1. The zero-order valence-corrected chi connectivity index (χ0v) is 16.5. The van der Waals surface area contributed by atoms with E-state index in [0.717, 1.165) is 0 Å². The van der Waals surface area contributed by atoms with E-state index in [0.29, 0.717) is 10.7 Å². The summed E-state index contributed by atoms with van der Waals surface area (Å²) >= 11 is 18.2. The van der Waals surface area contributed by atoms with Crippen molar-refractivity contribution >= 4 is 58.4 Å². The van der Waals surface area contributed by atoms with Crippen LogP contribution in [0.5, 0.6) is 0 Å². The van der Waals surface area contributed by atoms with Gasteiger partial charge >= 0.3 is 12.0 Å². The first-order valence-electron chi connectivity index (χ1n) is 7.76. The van der Waals surface area contributed by atoms with Gasteiger partial charge in [0.2, 0.25) is 5.88 Å². The fraction of sp³-hybridized carbons (Fsp3) is 0.0556. The molecule has 3 aromatic rings. The zero-order valence-electron chi connectivity index (χ0n) is 14.3. The van der Waals surface area contributed by atoms with Crippen LogP contribution in [0.25, 0.3) is 11.3 Å². The van der Waals surface area contributed by atoms with Gasteiger partial charge in [-0.2, -0.15) is 0 Å². The van der Waals surface area contributed by atoms with Gasteiger partial charge in [0.15, 0.2) is 5.56 Å². The van der Waals surface area contributed by atoms with E-state index in [4.69, 9.17) is 44.1 Å². The van der Waals surface area contributed by atoms with Crippen molar-refractivity contribution in [2.75, 3.05) is 17.7 Å². The average Bonchev–Trinajstić information content (AvgIpc) is 3.06.